The number of nitrogens with zero attached hydrogens (tertiary/aromatic N) is 2. The molecule has 0 bridgehead atoms. The first kappa shape index (κ1) is 6.85. The van der Waals surface area contributed by atoms with Gasteiger partial charge in [-0.1, -0.05) is 0 Å². The maximum atomic E-state index is 8.15. The van der Waals surface area contributed by atoms with Crippen LogP contribution in [0.2, 0.25) is 0 Å². The first-order valence-electron chi connectivity index (χ1n) is 1.80. The molecule has 0 aliphatic carbocycles. The summed E-state index contributed by atoms with van der Waals surface area (Å²) in [6.45, 7) is 0. The molecule has 0 aromatic rings. The standard InChI is InChI=1S/C4H6N2.Cr/c1-6(2)4-3-5;/h1-2H3;. The van der Waals surface area contributed by atoms with Crippen LogP contribution in [-0.4, -0.2) is 23.5 Å². The van der Waals surface area contributed by atoms with Gasteiger partial charge < -0.3 is 0 Å². The summed E-state index contributed by atoms with van der Waals surface area (Å²) >= 11 is 2.61. The summed E-state index contributed by atoms with van der Waals surface area (Å²) in [5.74, 6) is 0. The van der Waals surface area contributed by atoms with Crippen molar-refractivity contribution in [2.45, 2.75) is 0 Å². The third-order valence-corrected chi connectivity index (χ3v) is 1.21. The third kappa shape index (κ3) is 2.54. The van der Waals surface area contributed by atoms with Crippen LogP contribution in [0.3, 0.4) is 0 Å². The fourth-order valence-electron chi connectivity index (χ4n) is 0.100. The molecular formula is C4H6CrN2. The summed E-state index contributed by atoms with van der Waals surface area (Å²) in [6.07, 6.45) is 0. The van der Waals surface area contributed by atoms with Crippen molar-refractivity contribution in [3.05, 3.63) is 0 Å². The minimum atomic E-state index is 0.611. The molecule has 0 aliphatic heterocycles. The molecule has 3 heteroatoms. The molecule has 0 saturated carbocycles. The normalized spacial score (nSPS) is 8.29. The fraction of sp³-hybridized carbons (Fsp3) is 0.500. The third-order valence-electron chi connectivity index (χ3n) is 0.502. The topological polar surface area (TPSA) is 27.0 Å². The Bertz CT molecular complexity index is 111. The van der Waals surface area contributed by atoms with E-state index in [-0.39, 0.29) is 0 Å². The average molecular weight is 134 g/mol. The number of hydrogen-bond donors (Lipinski definition) is 0. The Morgan fingerprint density at radius 3 is 2.14 bits per heavy atom. The Morgan fingerprint density at radius 1 is 1.71 bits per heavy atom. The van der Waals surface area contributed by atoms with Crippen LogP contribution in [0, 0.1) is 11.3 Å². The van der Waals surface area contributed by atoms with Crippen LogP contribution < -0.4 is 0 Å². The van der Waals surface area contributed by atoms with Crippen LogP contribution >= 0.6 is 0 Å². The van der Waals surface area contributed by atoms with Gasteiger partial charge in [0.15, 0.2) is 0 Å². The van der Waals surface area contributed by atoms with Crippen molar-refractivity contribution in [2.24, 2.45) is 0 Å². The fourth-order valence-corrected chi connectivity index (χ4v) is 0.100. The van der Waals surface area contributed by atoms with Crippen molar-refractivity contribution in [2.75, 3.05) is 14.1 Å². The van der Waals surface area contributed by atoms with Crippen molar-refractivity contribution in [1.29, 1.82) is 5.26 Å². The summed E-state index contributed by atoms with van der Waals surface area (Å²) in [5, 5.41) is 8.15. The summed E-state index contributed by atoms with van der Waals surface area (Å²) in [6, 6.07) is 1.95. The van der Waals surface area contributed by atoms with E-state index in [1.807, 2.05) is 20.2 Å². The summed E-state index contributed by atoms with van der Waals surface area (Å²) in [7, 11) is 3.63. The first-order valence-corrected chi connectivity index (χ1v) is 2.43. The second-order valence-electron chi connectivity index (χ2n) is 1.31. The van der Waals surface area contributed by atoms with Gasteiger partial charge in [-0.3, -0.25) is 0 Å². The van der Waals surface area contributed by atoms with E-state index in [1.165, 1.54) is 0 Å². The molecule has 0 aliphatic rings. The quantitative estimate of drug-likeness (QED) is 0.494. The van der Waals surface area contributed by atoms with Crippen LogP contribution in [0.25, 0.3) is 0 Å². The summed E-state index contributed by atoms with van der Waals surface area (Å²) in [5.41, 5.74) is 0. The zero-order chi connectivity index (χ0) is 5.86. The molecule has 0 fully saturated rings. The molecule has 2 nitrogen and oxygen atoms in total. The van der Waals surface area contributed by atoms with Crippen molar-refractivity contribution in [3.63, 3.8) is 0 Å². The number of nitriles is 1. The molecule has 0 N–H and O–H groups in total. The molecule has 0 rings (SSSR count). The van der Waals surface area contributed by atoms with Gasteiger partial charge in [0.2, 0.25) is 0 Å². The molecule has 0 aromatic heterocycles. The van der Waals surface area contributed by atoms with Gasteiger partial charge >= 0.3 is 50.7 Å². The van der Waals surface area contributed by atoms with Crippen molar-refractivity contribution < 1.29 is 15.9 Å². The molecule has 0 aromatic carbocycles. The van der Waals surface area contributed by atoms with E-state index >= 15 is 0 Å². The molecule has 0 radical (unpaired) electrons. The molecule has 0 amide bonds. The molecule has 38 valence electrons. The van der Waals surface area contributed by atoms with Gasteiger partial charge in [0, 0.05) is 0 Å². The van der Waals surface area contributed by atoms with Crippen molar-refractivity contribution in [3.8, 4) is 6.07 Å². The zero-order valence-electron chi connectivity index (χ0n) is 4.30. The van der Waals surface area contributed by atoms with E-state index in [1.54, 1.807) is 4.90 Å². The number of hydrogen-bond acceptors (Lipinski definition) is 2. The Morgan fingerprint density at radius 2 is 2.14 bits per heavy atom. The van der Waals surface area contributed by atoms with E-state index in [9.17, 15) is 0 Å². The van der Waals surface area contributed by atoms with Gasteiger partial charge in [-0.25, -0.2) is 0 Å². The second-order valence-corrected chi connectivity index (χ2v) is 1.92. The molecule has 0 spiro atoms. The van der Waals surface area contributed by atoms with Crippen LogP contribution in [0.5, 0.6) is 0 Å². The van der Waals surface area contributed by atoms with Crippen LogP contribution in [0.4, 0.5) is 0 Å². The second kappa shape index (κ2) is 2.93. The van der Waals surface area contributed by atoms with Crippen LogP contribution in [0.1, 0.15) is 0 Å². The Balaban J connectivity index is 3.64. The Labute approximate surface area is 51.3 Å². The predicted octanol–water partition coefficient (Wildman–Crippen LogP) is -0.252. The molecule has 0 unspecified atom stereocenters. The van der Waals surface area contributed by atoms with Gasteiger partial charge in [-0.05, 0) is 0 Å². The predicted molar refractivity (Wildman–Crippen MR) is 24.3 cm³/mol. The van der Waals surface area contributed by atoms with Crippen LogP contribution in [-0.2, 0) is 15.9 Å². The maximum absolute atomic E-state index is 8.15. The average Bonchev–Trinajstić information content (AvgIpc) is 1.65. The monoisotopic (exact) mass is 134 g/mol. The minimum absolute atomic E-state index is 0.611. The van der Waals surface area contributed by atoms with E-state index in [0.717, 1.165) is 0 Å². The van der Waals surface area contributed by atoms with Crippen molar-refractivity contribution >= 4 is 4.50 Å². The molecule has 0 heterocycles. The SMILES string of the molecule is CN(C)[C](=[Cr])C#N. The van der Waals surface area contributed by atoms with Crippen molar-refractivity contribution in [1.82, 2.24) is 4.90 Å². The van der Waals surface area contributed by atoms with Gasteiger partial charge in [-0.2, -0.15) is 0 Å². The summed E-state index contributed by atoms with van der Waals surface area (Å²) in [4.78, 5) is 1.72. The van der Waals surface area contributed by atoms with Gasteiger partial charge in [0.25, 0.3) is 0 Å². The molecular weight excluding hydrogens is 128 g/mol. The zero-order valence-corrected chi connectivity index (χ0v) is 5.58. The van der Waals surface area contributed by atoms with E-state index in [4.69, 9.17) is 5.26 Å². The van der Waals surface area contributed by atoms with E-state index in [2.05, 4.69) is 15.9 Å². The van der Waals surface area contributed by atoms with Crippen LogP contribution in [0.15, 0.2) is 0 Å². The van der Waals surface area contributed by atoms with Gasteiger partial charge in [0.05, 0.1) is 0 Å². The Hall–Kier alpha value is -0.148. The summed E-state index contributed by atoms with van der Waals surface area (Å²) < 4.78 is 0.611. The molecule has 0 atom stereocenters. The van der Waals surface area contributed by atoms with Gasteiger partial charge in [0.1, 0.15) is 0 Å². The molecule has 7 heavy (non-hydrogen) atoms. The van der Waals surface area contributed by atoms with E-state index in [0.29, 0.717) is 4.50 Å². The molecule has 0 saturated heterocycles. The number of rotatable bonds is 1. The van der Waals surface area contributed by atoms with E-state index < -0.39 is 0 Å². The van der Waals surface area contributed by atoms with Gasteiger partial charge in [-0.15, -0.1) is 0 Å². The Kier molecular flexibility index (Phi) is 2.87. The first-order chi connectivity index (χ1) is 3.18.